The molecule has 116 valence electrons. The van der Waals surface area contributed by atoms with E-state index in [0.717, 1.165) is 19.3 Å². The summed E-state index contributed by atoms with van der Waals surface area (Å²) in [5.41, 5.74) is 0. The second kappa shape index (κ2) is 6.02. The molecule has 1 heterocycles. The maximum absolute atomic E-state index is 11.7. The summed E-state index contributed by atoms with van der Waals surface area (Å²) < 4.78 is 23.3. The van der Waals surface area contributed by atoms with Crippen LogP contribution in [0, 0.1) is 11.8 Å². The van der Waals surface area contributed by atoms with Gasteiger partial charge in [-0.2, -0.15) is 0 Å². The molecule has 0 aromatic carbocycles. The van der Waals surface area contributed by atoms with Crippen LogP contribution in [0.1, 0.15) is 39.5 Å². The molecule has 0 radical (unpaired) electrons. The predicted octanol–water partition coefficient (Wildman–Crippen LogP) is 1.38. The molecule has 1 aliphatic carbocycles. The first-order valence-corrected chi connectivity index (χ1v) is 9.28. The van der Waals surface area contributed by atoms with Crippen LogP contribution in [0.25, 0.3) is 0 Å². The molecule has 1 saturated carbocycles. The molecule has 2 aliphatic rings. The van der Waals surface area contributed by atoms with Gasteiger partial charge in [-0.3, -0.25) is 9.69 Å². The number of nitrogens with zero attached hydrogens (tertiary/aromatic N) is 1. The van der Waals surface area contributed by atoms with Crippen LogP contribution in [-0.4, -0.2) is 54.5 Å². The Morgan fingerprint density at radius 1 is 1.25 bits per heavy atom. The number of sulfone groups is 1. The predicted molar refractivity (Wildman–Crippen MR) is 77.4 cm³/mol. The molecule has 4 unspecified atom stereocenters. The molecule has 5 nitrogen and oxygen atoms in total. The maximum Gasteiger partial charge on any atom is 0.317 e. The van der Waals surface area contributed by atoms with Gasteiger partial charge in [0.15, 0.2) is 9.84 Å². The van der Waals surface area contributed by atoms with Gasteiger partial charge < -0.3 is 5.11 Å². The largest absolute Gasteiger partial charge is 0.480 e. The van der Waals surface area contributed by atoms with Gasteiger partial charge in [0.1, 0.15) is 0 Å². The molecule has 2 rings (SSSR count). The lowest BCUT2D eigenvalue weighted by atomic mass is 9.78. The van der Waals surface area contributed by atoms with Crippen molar-refractivity contribution >= 4 is 15.8 Å². The SMILES string of the molecule is CC1CCC(N(CC(=O)O)C2CCS(=O)(=O)C2)C(C)C1. The fourth-order valence-electron chi connectivity index (χ4n) is 3.85. The highest BCUT2D eigenvalue weighted by molar-refractivity contribution is 7.91. The van der Waals surface area contributed by atoms with Gasteiger partial charge in [0.2, 0.25) is 0 Å². The minimum absolute atomic E-state index is 0.0381. The summed E-state index contributed by atoms with van der Waals surface area (Å²) in [7, 11) is -2.98. The smallest absolute Gasteiger partial charge is 0.317 e. The van der Waals surface area contributed by atoms with Crippen molar-refractivity contribution in [2.45, 2.75) is 51.6 Å². The van der Waals surface area contributed by atoms with Crippen LogP contribution in [0.5, 0.6) is 0 Å². The Labute approximate surface area is 121 Å². The monoisotopic (exact) mass is 303 g/mol. The number of carboxylic acids is 1. The minimum Gasteiger partial charge on any atom is -0.480 e. The Morgan fingerprint density at radius 2 is 1.95 bits per heavy atom. The number of aliphatic carboxylic acids is 1. The van der Waals surface area contributed by atoms with Crippen LogP contribution in [0.4, 0.5) is 0 Å². The number of hydrogen-bond acceptors (Lipinski definition) is 4. The van der Waals surface area contributed by atoms with Crippen molar-refractivity contribution in [3.63, 3.8) is 0 Å². The van der Waals surface area contributed by atoms with Crippen LogP contribution in [0.3, 0.4) is 0 Å². The van der Waals surface area contributed by atoms with Crippen molar-refractivity contribution in [3.05, 3.63) is 0 Å². The van der Waals surface area contributed by atoms with E-state index in [1.807, 2.05) is 4.90 Å². The standard InChI is InChI=1S/C14H25NO4S/c1-10-3-4-13(11(2)7-10)15(8-14(16)17)12-5-6-20(18,19)9-12/h10-13H,3-9H2,1-2H3,(H,16,17). The first-order valence-electron chi connectivity index (χ1n) is 7.46. The molecule has 1 saturated heterocycles. The van der Waals surface area contributed by atoms with E-state index in [9.17, 15) is 13.2 Å². The molecule has 20 heavy (non-hydrogen) atoms. The van der Waals surface area contributed by atoms with E-state index in [2.05, 4.69) is 13.8 Å². The van der Waals surface area contributed by atoms with Gasteiger partial charge >= 0.3 is 5.97 Å². The van der Waals surface area contributed by atoms with Crippen LogP contribution < -0.4 is 0 Å². The molecule has 0 aromatic rings. The molecular formula is C14H25NO4S. The summed E-state index contributed by atoms with van der Waals surface area (Å²) in [6, 6.07) is 0.0950. The second-order valence-electron chi connectivity index (χ2n) is 6.59. The fourth-order valence-corrected chi connectivity index (χ4v) is 5.59. The average Bonchev–Trinajstić information content (AvgIpc) is 2.67. The van der Waals surface area contributed by atoms with E-state index in [4.69, 9.17) is 5.11 Å². The van der Waals surface area contributed by atoms with E-state index >= 15 is 0 Å². The summed E-state index contributed by atoms with van der Waals surface area (Å²) in [6.07, 6.45) is 3.76. The lowest BCUT2D eigenvalue weighted by Crippen LogP contribution is -2.50. The maximum atomic E-state index is 11.7. The first-order chi connectivity index (χ1) is 9.28. The Bertz CT molecular complexity index is 462. The zero-order valence-corrected chi connectivity index (χ0v) is 13.1. The van der Waals surface area contributed by atoms with Crippen molar-refractivity contribution in [1.82, 2.24) is 4.90 Å². The van der Waals surface area contributed by atoms with E-state index < -0.39 is 15.8 Å². The molecular weight excluding hydrogens is 278 g/mol. The zero-order chi connectivity index (χ0) is 14.9. The third kappa shape index (κ3) is 3.73. The van der Waals surface area contributed by atoms with Gasteiger partial charge in [0.05, 0.1) is 18.1 Å². The fraction of sp³-hybridized carbons (Fsp3) is 0.929. The molecule has 0 aromatic heterocycles. The van der Waals surface area contributed by atoms with Crippen molar-refractivity contribution in [2.75, 3.05) is 18.1 Å². The zero-order valence-electron chi connectivity index (χ0n) is 12.3. The number of rotatable bonds is 4. The summed E-state index contributed by atoms with van der Waals surface area (Å²) in [4.78, 5) is 13.1. The van der Waals surface area contributed by atoms with Gasteiger partial charge in [-0.1, -0.05) is 13.8 Å². The third-order valence-electron chi connectivity index (χ3n) is 4.81. The highest BCUT2D eigenvalue weighted by atomic mass is 32.2. The van der Waals surface area contributed by atoms with E-state index in [-0.39, 0.29) is 30.1 Å². The Kier molecular flexibility index (Phi) is 4.74. The van der Waals surface area contributed by atoms with E-state index in [1.54, 1.807) is 0 Å². The van der Waals surface area contributed by atoms with E-state index in [1.165, 1.54) is 0 Å². The molecule has 0 spiro atoms. The molecule has 0 amide bonds. The Balaban J connectivity index is 2.13. The summed E-state index contributed by atoms with van der Waals surface area (Å²) in [5, 5.41) is 9.15. The number of carboxylic acid groups (broad SMARTS) is 1. The summed E-state index contributed by atoms with van der Waals surface area (Å²) >= 11 is 0. The summed E-state index contributed by atoms with van der Waals surface area (Å²) in [6.45, 7) is 4.36. The average molecular weight is 303 g/mol. The van der Waals surface area contributed by atoms with Gasteiger partial charge in [0.25, 0.3) is 0 Å². The topological polar surface area (TPSA) is 74.7 Å². The molecule has 4 atom stereocenters. The highest BCUT2D eigenvalue weighted by Crippen LogP contribution is 2.34. The normalized spacial score (nSPS) is 37.1. The highest BCUT2D eigenvalue weighted by Gasteiger charge is 2.39. The van der Waals surface area contributed by atoms with Crippen LogP contribution in [-0.2, 0) is 14.6 Å². The Morgan fingerprint density at radius 3 is 2.45 bits per heavy atom. The van der Waals surface area contributed by atoms with Crippen molar-refractivity contribution in [3.8, 4) is 0 Å². The minimum atomic E-state index is -2.98. The lowest BCUT2D eigenvalue weighted by molar-refractivity contribution is -0.140. The Hall–Kier alpha value is -0.620. The van der Waals surface area contributed by atoms with Crippen LogP contribution >= 0.6 is 0 Å². The number of carbonyl (C=O) groups is 1. The molecule has 2 fully saturated rings. The van der Waals surface area contributed by atoms with Crippen molar-refractivity contribution in [2.24, 2.45) is 11.8 Å². The second-order valence-corrected chi connectivity index (χ2v) is 8.81. The quantitative estimate of drug-likeness (QED) is 0.849. The first kappa shape index (κ1) is 15.8. The number of hydrogen-bond donors (Lipinski definition) is 1. The molecule has 6 heteroatoms. The van der Waals surface area contributed by atoms with E-state index in [0.29, 0.717) is 18.3 Å². The molecule has 1 aliphatic heterocycles. The molecule has 0 bridgehead atoms. The lowest BCUT2D eigenvalue weighted by Gasteiger charge is -2.42. The van der Waals surface area contributed by atoms with Gasteiger partial charge in [-0.15, -0.1) is 0 Å². The molecule has 1 N–H and O–H groups in total. The third-order valence-corrected chi connectivity index (χ3v) is 6.56. The van der Waals surface area contributed by atoms with Gasteiger partial charge in [-0.25, -0.2) is 8.42 Å². The van der Waals surface area contributed by atoms with Crippen LogP contribution in [0.15, 0.2) is 0 Å². The van der Waals surface area contributed by atoms with Crippen molar-refractivity contribution < 1.29 is 18.3 Å². The summed E-state index contributed by atoms with van der Waals surface area (Å²) in [5.74, 6) is 0.575. The van der Waals surface area contributed by atoms with Crippen molar-refractivity contribution in [1.29, 1.82) is 0 Å². The van der Waals surface area contributed by atoms with Gasteiger partial charge in [-0.05, 0) is 37.5 Å². The van der Waals surface area contributed by atoms with Crippen LogP contribution in [0.2, 0.25) is 0 Å². The van der Waals surface area contributed by atoms with Gasteiger partial charge in [0, 0.05) is 12.1 Å².